The number of benzene rings is 1. The fourth-order valence-corrected chi connectivity index (χ4v) is 1.50. The highest BCUT2D eigenvalue weighted by atomic mass is 16.5. The van der Waals surface area contributed by atoms with Crippen LogP contribution in [0.25, 0.3) is 11.1 Å². The minimum atomic E-state index is 0.397. The van der Waals surface area contributed by atoms with Gasteiger partial charge in [-0.3, -0.25) is 0 Å². The van der Waals surface area contributed by atoms with Crippen molar-refractivity contribution in [1.29, 1.82) is 0 Å². The van der Waals surface area contributed by atoms with Gasteiger partial charge in [-0.1, -0.05) is 31.2 Å². The highest BCUT2D eigenvalue weighted by molar-refractivity contribution is 5.61. The second kappa shape index (κ2) is 4.75. The van der Waals surface area contributed by atoms with Crippen molar-refractivity contribution in [1.82, 2.24) is 9.97 Å². The van der Waals surface area contributed by atoms with Gasteiger partial charge in [0.15, 0.2) is 0 Å². The molecule has 0 amide bonds. The smallest absolute Gasteiger partial charge is 0.316 e. The summed E-state index contributed by atoms with van der Waals surface area (Å²) in [6.45, 7) is 2.14. The summed E-state index contributed by atoms with van der Waals surface area (Å²) in [5.74, 6) is 0. The summed E-state index contributed by atoms with van der Waals surface area (Å²) in [5, 5.41) is 0. The molecule has 1 aromatic carbocycles. The van der Waals surface area contributed by atoms with Crippen molar-refractivity contribution in [2.75, 3.05) is 7.11 Å². The number of ether oxygens (including phenoxy) is 1. The fourth-order valence-electron chi connectivity index (χ4n) is 1.50. The van der Waals surface area contributed by atoms with Crippen LogP contribution in [0, 0.1) is 0 Å². The van der Waals surface area contributed by atoms with Gasteiger partial charge in [-0.2, -0.15) is 0 Å². The number of hydrogen-bond donors (Lipinski definition) is 0. The number of aromatic nitrogens is 2. The van der Waals surface area contributed by atoms with Crippen molar-refractivity contribution in [3.8, 4) is 17.1 Å². The average Bonchev–Trinajstić information content (AvgIpc) is 2.39. The first kappa shape index (κ1) is 10.6. The Bertz CT molecular complexity index is 403. The molecule has 1 aromatic heterocycles. The summed E-state index contributed by atoms with van der Waals surface area (Å²) in [7, 11) is 1.56. The Morgan fingerprint density at radius 1 is 1.00 bits per heavy atom. The van der Waals surface area contributed by atoms with E-state index in [0.29, 0.717) is 6.01 Å². The van der Waals surface area contributed by atoms with Crippen LogP contribution in [0.3, 0.4) is 0 Å². The number of nitrogens with zero attached hydrogens (tertiary/aromatic N) is 2. The number of aryl methyl sites for hydroxylation is 1. The van der Waals surface area contributed by atoms with Gasteiger partial charge in [0, 0.05) is 18.0 Å². The second-order valence-corrected chi connectivity index (χ2v) is 3.51. The van der Waals surface area contributed by atoms with Gasteiger partial charge < -0.3 is 4.74 Å². The van der Waals surface area contributed by atoms with E-state index in [1.165, 1.54) is 5.56 Å². The summed E-state index contributed by atoms with van der Waals surface area (Å²) in [5.41, 5.74) is 3.46. The zero-order valence-electron chi connectivity index (χ0n) is 9.47. The quantitative estimate of drug-likeness (QED) is 0.788. The number of hydrogen-bond acceptors (Lipinski definition) is 3. The molecule has 82 valence electrons. The maximum atomic E-state index is 4.92. The molecule has 0 spiro atoms. The predicted octanol–water partition coefficient (Wildman–Crippen LogP) is 2.71. The molecule has 0 saturated carbocycles. The third kappa shape index (κ3) is 2.19. The lowest BCUT2D eigenvalue weighted by atomic mass is 10.1. The number of rotatable bonds is 3. The van der Waals surface area contributed by atoms with Gasteiger partial charge in [-0.15, -0.1) is 0 Å². The van der Waals surface area contributed by atoms with Crippen LogP contribution in [-0.2, 0) is 6.42 Å². The van der Waals surface area contributed by atoms with Crippen molar-refractivity contribution >= 4 is 0 Å². The standard InChI is InChI=1S/C13H14N2O/c1-3-10-4-6-11(7-5-10)12-8-14-13(16-2)15-9-12/h4-9H,3H2,1-2H3. The molecule has 1 heterocycles. The van der Waals surface area contributed by atoms with Crippen molar-refractivity contribution in [2.24, 2.45) is 0 Å². The van der Waals surface area contributed by atoms with Crippen molar-refractivity contribution in [2.45, 2.75) is 13.3 Å². The summed E-state index contributed by atoms with van der Waals surface area (Å²) in [6.07, 6.45) is 4.60. The van der Waals surface area contributed by atoms with E-state index in [4.69, 9.17) is 4.74 Å². The normalized spacial score (nSPS) is 10.1. The van der Waals surface area contributed by atoms with Crippen LogP contribution in [-0.4, -0.2) is 17.1 Å². The first-order valence-electron chi connectivity index (χ1n) is 5.29. The molecule has 0 aliphatic heterocycles. The van der Waals surface area contributed by atoms with Crippen LogP contribution in [0.5, 0.6) is 6.01 Å². The van der Waals surface area contributed by atoms with Gasteiger partial charge in [-0.05, 0) is 17.5 Å². The van der Waals surface area contributed by atoms with Crippen LogP contribution in [0.4, 0.5) is 0 Å². The highest BCUT2D eigenvalue weighted by Crippen LogP contribution is 2.19. The van der Waals surface area contributed by atoms with E-state index in [2.05, 4.69) is 41.2 Å². The fraction of sp³-hybridized carbons (Fsp3) is 0.231. The van der Waals surface area contributed by atoms with Gasteiger partial charge in [0.05, 0.1) is 7.11 Å². The first-order valence-corrected chi connectivity index (χ1v) is 5.29. The Hall–Kier alpha value is -1.90. The maximum absolute atomic E-state index is 4.92. The van der Waals surface area contributed by atoms with Gasteiger partial charge in [0.2, 0.25) is 0 Å². The molecule has 0 atom stereocenters. The molecule has 0 unspecified atom stereocenters. The molecule has 0 N–H and O–H groups in total. The predicted molar refractivity (Wildman–Crippen MR) is 63.4 cm³/mol. The summed E-state index contributed by atoms with van der Waals surface area (Å²) in [4.78, 5) is 8.17. The Labute approximate surface area is 95.1 Å². The molecule has 3 heteroatoms. The monoisotopic (exact) mass is 214 g/mol. The van der Waals surface area contributed by atoms with Crippen molar-refractivity contribution in [3.63, 3.8) is 0 Å². The lowest BCUT2D eigenvalue weighted by molar-refractivity contribution is 0.380. The molecule has 0 radical (unpaired) electrons. The van der Waals surface area contributed by atoms with Gasteiger partial charge in [0.1, 0.15) is 0 Å². The van der Waals surface area contributed by atoms with E-state index in [1.807, 2.05) is 0 Å². The summed E-state index contributed by atoms with van der Waals surface area (Å²) >= 11 is 0. The highest BCUT2D eigenvalue weighted by Gasteiger charge is 2.00. The van der Waals surface area contributed by atoms with E-state index < -0.39 is 0 Å². The van der Waals surface area contributed by atoms with Crippen LogP contribution in [0.1, 0.15) is 12.5 Å². The van der Waals surface area contributed by atoms with Crippen molar-refractivity contribution in [3.05, 3.63) is 42.2 Å². The Morgan fingerprint density at radius 3 is 2.12 bits per heavy atom. The molecule has 0 bridgehead atoms. The molecular weight excluding hydrogens is 200 g/mol. The first-order chi connectivity index (χ1) is 7.83. The molecule has 0 aliphatic rings. The topological polar surface area (TPSA) is 35.0 Å². The molecule has 0 aliphatic carbocycles. The van der Waals surface area contributed by atoms with E-state index in [-0.39, 0.29) is 0 Å². The maximum Gasteiger partial charge on any atom is 0.316 e. The van der Waals surface area contributed by atoms with Crippen LogP contribution in [0.15, 0.2) is 36.7 Å². The SMILES string of the molecule is CCc1ccc(-c2cnc(OC)nc2)cc1. The zero-order valence-corrected chi connectivity index (χ0v) is 9.47. The largest absolute Gasteiger partial charge is 0.467 e. The molecule has 2 aromatic rings. The zero-order chi connectivity index (χ0) is 11.4. The van der Waals surface area contributed by atoms with Crippen molar-refractivity contribution < 1.29 is 4.74 Å². The molecular formula is C13H14N2O. The molecule has 0 saturated heterocycles. The Kier molecular flexibility index (Phi) is 3.15. The summed E-state index contributed by atoms with van der Waals surface area (Å²) < 4.78 is 4.92. The second-order valence-electron chi connectivity index (χ2n) is 3.51. The minimum absolute atomic E-state index is 0.397. The van der Waals surface area contributed by atoms with Crippen LogP contribution >= 0.6 is 0 Å². The molecule has 0 fully saturated rings. The Balaban J connectivity index is 2.28. The third-order valence-corrected chi connectivity index (χ3v) is 2.51. The Morgan fingerprint density at radius 2 is 1.62 bits per heavy atom. The van der Waals surface area contributed by atoms with Gasteiger partial charge >= 0.3 is 6.01 Å². The lowest BCUT2D eigenvalue weighted by Gasteiger charge is -2.03. The lowest BCUT2D eigenvalue weighted by Crippen LogP contribution is -1.91. The van der Waals surface area contributed by atoms with E-state index in [9.17, 15) is 0 Å². The van der Waals surface area contributed by atoms with Gasteiger partial charge in [-0.25, -0.2) is 9.97 Å². The average molecular weight is 214 g/mol. The van der Waals surface area contributed by atoms with Gasteiger partial charge in [0.25, 0.3) is 0 Å². The van der Waals surface area contributed by atoms with Crippen LogP contribution < -0.4 is 4.74 Å². The van der Waals surface area contributed by atoms with Crippen LogP contribution in [0.2, 0.25) is 0 Å². The molecule has 16 heavy (non-hydrogen) atoms. The molecule has 2 rings (SSSR count). The summed E-state index contributed by atoms with van der Waals surface area (Å²) in [6, 6.07) is 8.82. The molecule has 3 nitrogen and oxygen atoms in total. The number of methoxy groups -OCH3 is 1. The van der Waals surface area contributed by atoms with E-state index in [1.54, 1.807) is 19.5 Å². The van der Waals surface area contributed by atoms with E-state index >= 15 is 0 Å². The third-order valence-electron chi connectivity index (χ3n) is 2.51. The minimum Gasteiger partial charge on any atom is -0.467 e. The van der Waals surface area contributed by atoms with E-state index in [0.717, 1.165) is 17.5 Å².